The minimum atomic E-state index is -1.51. The van der Waals surface area contributed by atoms with E-state index in [1.54, 1.807) is 6.07 Å². The largest absolute Gasteiger partial charge is 0.489 e. The van der Waals surface area contributed by atoms with Crippen LogP contribution in [0.4, 0.5) is 5.69 Å². The highest BCUT2D eigenvalue weighted by molar-refractivity contribution is 6.36. The molecule has 202 valence electrons. The molecule has 0 heterocycles. The van der Waals surface area contributed by atoms with Crippen LogP contribution < -0.4 is 14.8 Å². The van der Waals surface area contributed by atoms with Gasteiger partial charge in [0.15, 0.2) is 0 Å². The molecule has 0 aliphatic heterocycles. The van der Waals surface area contributed by atoms with E-state index in [1.807, 2.05) is 55.5 Å². The molecule has 0 radical (unpaired) electrons. The third-order valence-corrected chi connectivity index (χ3v) is 7.64. The van der Waals surface area contributed by atoms with Crippen LogP contribution in [0.2, 0.25) is 0 Å². The molecule has 39 heavy (non-hydrogen) atoms. The van der Waals surface area contributed by atoms with E-state index in [0.29, 0.717) is 42.6 Å². The zero-order valence-electron chi connectivity index (χ0n) is 22.1. The molecule has 0 saturated heterocycles. The maximum atomic E-state index is 11.8. The molecule has 0 bridgehead atoms. The smallest absolute Gasteiger partial charge is 0.394 e. The number of carbonyl (C=O) groups is 3. The van der Waals surface area contributed by atoms with Crippen molar-refractivity contribution in [2.24, 2.45) is 5.92 Å². The van der Waals surface area contributed by atoms with Crippen LogP contribution in [-0.2, 0) is 40.3 Å². The molecule has 0 aromatic heterocycles. The number of rotatable bonds is 9. The molecule has 2 aliphatic rings. The molecule has 3 aromatic rings. The first-order chi connectivity index (χ1) is 18.9. The first-order valence-corrected chi connectivity index (χ1v) is 13.6. The van der Waals surface area contributed by atoms with Gasteiger partial charge in [0.25, 0.3) is 0 Å². The number of aliphatic carboxylic acids is 1. The number of hydrogen-bond acceptors (Lipinski definition) is 5. The summed E-state index contributed by atoms with van der Waals surface area (Å²) in [5.74, 6) is 0.457. The molecule has 1 unspecified atom stereocenters. The van der Waals surface area contributed by atoms with Crippen molar-refractivity contribution in [3.63, 3.8) is 0 Å². The van der Waals surface area contributed by atoms with Crippen molar-refractivity contribution in [2.45, 2.75) is 64.9 Å². The van der Waals surface area contributed by atoms with E-state index in [9.17, 15) is 14.4 Å². The number of aryl methyl sites for hydroxylation is 2. The first kappa shape index (κ1) is 26.5. The van der Waals surface area contributed by atoms with E-state index < -0.39 is 11.9 Å². The summed E-state index contributed by atoms with van der Waals surface area (Å²) in [7, 11) is 0. The minimum absolute atomic E-state index is 0.352. The molecule has 7 heteroatoms. The van der Waals surface area contributed by atoms with Crippen molar-refractivity contribution in [1.82, 2.24) is 0 Å². The minimum Gasteiger partial charge on any atom is -0.489 e. The Hall–Kier alpha value is -4.13. The van der Waals surface area contributed by atoms with E-state index in [2.05, 4.69) is 5.32 Å². The average Bonchev–Trinajstić information content (AvgIpc) is 3.59. The van der Waals surface area contributed by atoms with Gasteiger partial charge in [-0.1, -0.05) is 30.3 Å². The Labute approximate surface area is 228 Å². The van der Waals surface area contributed by atoms with Crippen molar-refractivity contribution in [1.29, 1.82) is 0 Å². The second-order valence-electron chi connectivity index (χ2n) is 10.5. The number of benzene rings is 3. The van der Waals surface area contributed by atoms with Crippen LogP contribution in [0.1, 0.15) is 59.9 Å². The topological polar surface area (TPSA) is 102 Å². The quantitative estimate of drug-likeness (QED) is 0.322. The van der Waals surface area contributed by atoms with E-state index in [4.69, 9.17) is 14.6 Å². The van der Waals surface area contributed by atoms with Crippen LogP contribution in [0.15, 0.2) is 54.6 Å². The SMILES string of the molecule is Cc1cc(NC(=O)C(=O)O)c2c(c1Oc1ccc(OCc3ccccc3)c(CCC3CCC(=O)C3)c1)CCC2. The Kier molecular flexibility index (Phi) is 7.96. The Bertz CT molecular complexity index is 1400. The fourth-order valence-electron chi connectivity index (χ4n) is 5.63. The number of carboxylic acid groups (broad SMARTS) is 1. The molecule has 0 spiro atoms. The summed E-state index contributed by atoms with van der Waals surface area (Å²) < 4.78 is 12.7. The highest BCUT2D eigenvalue weighted by Crippen LogP contribution is 2.41. The molecule has 2 aliphatic carbocycles. The molecule has 3 aromatic carbocycles. The molecule has 1 saturated carbocycles. The fourth-order valence-corrected chi connectivity index (χ4v) is 5.63. The molecule has 1 amide bonds. The highest BCUT2D eigenvalue weighted by Gasteiger charge is 2.25. The summed E-state index contributed by atoms with van der Waals surface area (Å²) >= 11 is 0. The van der Waals surface area contributed by atoms with E-state index >= 15 is 0 Å². The number of carboxylic acids is 1. The standard InChI is InChI=1S/C32H33NO6/c1-20-16-28(33-31(35)32(36)37)26-8-5-9-27(26)30(20)39-25-14-15-29(38-19-22-6-3-2-4-7-22)23(18-25)12-10-21-11-13-24(34)17-21/h2-4,6-7,14-16,18,21H,5,8-13,17,19H2,1H3,(H,33,35)(H,36,37). The summed E-state index contributed by atoms with van der Waals surface area (Å²) in [5.41, 5.74) is 5.43. The second kappa shape index (κ2) is 11.7. The predicted octanol–water partition coefficient (Wildman–Crippen LogP) is 6.18. The van der Waals surface area contributed by atoms with Crippen molar-refractivity contribution < 1.29 is 29.0 Å². The van der Waals surface area contributed by atoms with Crippen LogP contribution in [0.5, 0.6) is 17.2 Å². The van der Waals surface area contributed by atoms with E-state index in [-0.39, 0.29) is 0 Å². The Morgan fingerprint density at radius 2 is 1.82 bits per heavy atom. The van der Waals surface area contributed by atoms with Gasteiger partial charge >= 0.3 is 11.9 Å². The molecule has 1 atom stereocenters. The van der Waals surface area contributed by atoms with Gasteiger partial charge in [-0.25, -0.2) is 4.79 Å². The number of Topliss-reactive ketones (excluding diaryl/α,β-unsaturated/α-hetero) is 1. The second-order valence-corrected chi connectivity index (χ2v) is 10.5. The van der Waals surface area contributed by atoms with Crippen LogP contribution in [0, 0.1) is 12.8 Å². The summed E-state index contributed by atoms with van der Waals surface area (Å²) in [4.78, 5) is 34.7. The third kappa shape index (κ3) is 6.30. The van der Waals surface area contributed by atoms with Crippen LogP contribution >= 0.6 is 0 Å². The zero-order chi connectivity index (χ0) is 27.4. The Morgan fingerprint density at radius 1 is 1.03 bits per heavy atom. The van der Waals surface area contributed by atoms with E-state index in [1.165, 1.54) is 0 Å². The number of amides is 1. The van der Waals surface area contributed by atoms with Gasteiger partial charge < -0.3 is 19.9 Å². The number of ketones is 1. The van der Waals surface area contributed by atoms with Gasteiger partial charge in [-0.15, -0.1) is 0 Å². The van der Waals surface area contributed by atoms with Crippen LogP contribution in [0.25, 0.3) is 0 Å². The van der Waals surface area contributed by atoms with Crippen LogP contribution in [0.3, 0.4) is 0 Å². The fraction of sp³-hybridized carbons (Fsp3) is 0.344. The maximum Gasteiger partial charge on any atom is 0.394 e. The highest BCUT2D eigenvalue weighted by atomic mass is 16.5. The van der Waals surface area contributed by atoms with Gasteiger partial charge in [0.1, 0.15) is 29.6 Å². The van der Waals surface area contributed by atoms with E-state index in [0.717, 1.165) is 77.8 Å². The first-order valence-electron chi connectivity index (χ1n) is 13.6. The third-order valence-electron chi connectivity index (χ3n) is 7.64. The number of carbonyl (C=O) groups excluding carboxylic acids is 2. The zero-order valence-corrected chi connectivity index (χ0v) is 22.1. The lowest BCUT2D eigenvalue weighted by Gasteiger charge is -2.19. The number of nitrogens with one attached hydrogen (secondary N) is 1. The summed E-state index contributed by atoms with van der Waals surface area (Å²) in [6.45, 7) is 2.37. The molecule has 5 rings (SSSR count). The normalized spacial score (nSPS) is 16.1. The Balaban J connectivity index is 1.39. The van der Waals surface area contributed by atoms with Gasteiger partial charge in [0.2, 0.25) is 0 Å². The van der Waals surface area contributed by atoms with Crippen LogP contribution in [-0.4, -0.2) is 22.8 Å². The molecule has 2 N–H and O–H groups in total. The van der Waals surface area contributed by atoms with Gasteiger partial charge in [0, 0.05) is 24.1 Å². The average molecular weight is 528 g/mol. The van der Waals surface area contributed by atoms with Crippen molar-refractivity contribution in [3.8, 4) is 17.2 Å². The maximum absolute atomic E-state index is 11.8. The molecule has 7 nitrogen and oxygen atoms in total. The number of anilines is 1. The van der Waals surface area contributed by atoms with Gasteiger partial charge in [-0.3, -0.25) is 9.59 Å². The monoisotopic (exact) mass is 527 g/mol. The van der Waals surface area contributed by atoms with Crippen molar-refractivity contribution in [2.75, 3.05) is 5.32 Å². The lowest BCUT2D eigenvalue weighted by atomic mass is 9.97. The number of ether oxygens (including phenoxy) is 2. The molecular weight excluding hydrogens is 494 g/mol. The molecular formula is C32H33NO6. The number of fused-ring (bicyclic) bond motifs is 1. The van der Waals surface area contributed by atoms with Gasteiger partial charge in [0.05, 0.1) is 0 Å². The molecule has 1 fully saturated rings. The van der Waals surface area contributed by atoms with Crippen molar-refractivity contribution in [3.05, 3.63) is 82.4 Å². The van der Waals surface area contributed by atoms with Crippen molar-refractivity contribution >= 4 is 23.3 Å². The Morgan fingerprint density at radius 3 is 2.56 bits per heavy atom. The number of hydrogen-bond donors (Lipinski definition) is 2. The predicted molar refractivity (Wildman–Crippen MR) is 147 cm³/mol. The summed E-state index contributed by atoms with van der Waals surface area (Å²) in [5, 5.41) is 11.6. The summed E-state index contributed by atoms with van der Waals surface area (Å²) in [6, 6.07) is 17.7. The lowest BCUT2D eigenvalue weighted by molar-refractivity contribution is -0.147. The van der Waals surface area contributed by atoms with Gasteiger partial charge in [-0.05, 0) is 97.9 Å². The van der Waals surface area contributed by atoms with Gasteiger partial charge in [-0.2, -0.15) is 0 Å². The summed E-state index contributed by atoms with van der Waals surface area (Å²) in [6.07, 6.45) is 6.45. The lowest BCUT2D eigenvalue weighted by Crippen LogP contribution is -2.22.